The molecule has 4 atom stereocenters. The van der Waals surface area contributed by atoms with Crippen LogP contribution in [0.3, 0.4) is 0 Å². The van der Waals surface area contributed by atoms with Crippen molar-refractivity contribution in [3.63, 3.8) is 0 Å². The zero-order valence-corrected chi connectivity index (χ0v) is 22.0. The molecule has 3 unspecified atom stereocenters. The summed E-state index contributed by atoms with van der Waals surface area (Å²) >= 11 is 1.49. The first-order chi connectivity index (χ1) is 18.5. The number of thioether (sulfide) groups is 1. The standard InChI is InChI=1S/C28H31N5O4S/c1-17-14-20(37-19-7-3-2-4-8-19)9-10-21(17)33-22-11-12-29-27-23(22)24(31-28(33)36)25(38-27)26(35)30-18-6-5-13-32(15-18)16-34/h2-4,7-10,14,16,18,22-23,27,29H,5-6,11-13,15H2,1H3,(H,30,35)(H,31,36)/t18-,22?,23?,27?/m1/s1. The maximum Gasteiger partial charge on any atom is 0.326 e. The SMILES string of the molecule is Cc1cc(Oc2ccccc2)ccc1N1C(=O)NC2=C(C(=O)N[C@@H]3CCCN(C=O)C3)SC3NCCC1C23. The minimum atomic E-state index is -0.223. The number of aryl methyl sites for hydroxylation is 1. The lowest BCUT2D eigenvalue weighted by Crippen LogP contribution is -2.62. The minimum absolute atomic E-state index is 0.00595. The number of ether oxygens (including phenoxy) is 1. The first-order valence-corrected chi connectivity index (χ1v) is 14.0. The predicted octanol–water partition coefficient (Wildman–Crippen LogP) is 3.32. The van der Waals surface area contributed by atoms with Crippen molar-refractivity contribution in [3.05, 3.63) is 64.7 Å². The fraction of sp³-hybridized carbons (Fsp3) is 0.393. The Hall–Kier alpha value is -3.50. The van der Waals surface area contributed by atoms with Crippen molar-refractivity contribution in [1.82, 2.24) is 20.9 Å². The summed E-state index contributed by atoms with van der Waals surface area (Å²) in [6.07, 6.45) is 3.32. The van der Waals surface area contributed by atoms with Gasteiger partial charge in [-0.15, -0.1) is 0 Å². The van der Waals surface area contributed by atoms with E-state index in [2.05, 4.69) is 16.0 Å². The van der Waals surface area contributed by atoms with Gasteiger partial charge < -0.3 is 25.6 Å². The quantitative estimate of drug-likeness (QED) is 0.493. The number of carbonyl (C=O) groups excluding carboxylic acids is 3. The molecule has 3 saturated heterocycles. The van der Waals surface area contributed by atoms with Gasteiger partial charge in [0.05, 0.1) is 16.3 Å². The highest BCUT2D eigenvalue weighted by Gasteiger charge is 2.52. The number of benzene rings is 2. The zero-order valence-electron chi connectivity index (χ0n) is 21.2. The number of anilines is 1. The molecule has 6 rings (SSSR count). The molecule has 4 aliphatic heterocycles. The number of amides is 4. The maximum absolute atomic E-state index is 13.5. The summed E-state index contributed by atoms with van der Waals surface area (Å²) in [5.74, 6) is 1.27. The van der Waals surface area contributed by atoms with Gasteiger partial charge >= 0.3 is 6.03 Å². The van der Waals surface area contributed by atoms with E-state index in [1.54, 1.807) is 4.90 Å². The van der Waals surface area contributed by atoms with Crippen molar-refractivity contribution in [3.8, 4) is 11.5 Å². The largest absolute Gasteiger partial charge is 0.457 e. The number of para-hydroxylation sites is 1. The molecule has 38 heavy (non-hydrogen) atoms. The molecule has 0 radical (unpaired) electrons. The van der Waals surface area contributed by atoms with Crippen molar-refractivity contribution in [2.75, 3.05) is 24.5 Å². The van der Waals surface area contributed by atoms with E-state index in [1.807, 2.05) is 60.4 Å². The predicted molar refractivity (Wildman–Crippen MR) is 146 cm³/mol. The van der Waals surface area contributed by atoms with Gasteiger partial charge in [0, 0.05) is 36.4 Å². The second kappa shape index (κ2) is 10.3. The third kappa shape index (κ3) is 4.63. The van der Waals surface area contributed by atoms with Crippen LogP contribution in [0.4, 0.5) is 10.5 Å². The topological polar surface area (TPSA) is 103 Å². The van der Waals surface area contributed by atoms with Crippen LogP contribution >= 0.6 is 11.8 Å². The molecule has 0 aliphatic carbocycles. The van der Waals surface area contributed by atoms with Crippen LogP contribution in [0, 0.1) is 12.8 Å². The lowest BCUT2D eigenvalue weighted by Gasteiger charge is -2.46. The minimum Gasteiger partial charge on any atom is -0.457 e. The van der Waals surface area contributed by atoms with Gasteiger partial charge in [0.15, 0.2) is 0 Å². The van der Waals surface area contributed by atoms with Crippen LogP contribution in [0.25, 0.3) is 0 Å². The molecular formula is C28H31N5O4S. The molecule has 0 spiro atoms. The Bertz CT molecular complexity index is 1290. The van der Waals surface area contributed by atoms with Gasteiger partial charge in [-0.3, -0.25) is 14.5 Å². The van der Waals surface area contributed by atoms with Crippen LogP contribution in [0.2, 0.25) is 0 Å². The number of likely N-dealkylation sites (tertiary alicyclic amines) is 1. The molecule has 9 nitrogen and oxygen atoms in total. The van der Waals surface area contributed by atoms with E-state index in [0.717, 1.165) is 55.8 Å². The summed E-state index contributed by atoms with van der Waals surface area (Å²) in [5, 5.41) is 9.73. The molecule has 0 aromatic heterocycles. The monoisotopic (exact) mass is 533 g/mol. The summed E-state index contributed by atoms with van der Waals surface area (Å²) in [4.78, 5) is 42.2. The van der Waals surface area contributed by atoms with E-state index in [9.17, 15) is 14.4 Å². The Labute approximate surface area is 226 Å². The summed E-state index contributed by atoms with van der Waals surface area (Å²) < 4.78 is 5.99. The number of hydrogen-bond donors (Lipinski definition) is 3. The number of carbonyl (C=O) groups is 3. The molecule has 0 bridgehead atoms. The second-order valence-corrected chi connectivity index (χ2v) is 11.3. The fourth-order valence-electron chi connectivity index (χ4n) is 5.96. The van der Waals surface area contributed by atoms with E-state index in [4.69, 9.17) is 4.74 Å². The van der Waals surface area contributed by atoms with Gasteiger partial charge in [0.25, 0.3) is 5.91 Å². The van der Waals surface area contributed by atoms with E-state index in [-0.39, 0.29) is 35.3 Å². The van der Waals surface area contributed by atoms with Crippen molar-refractivity contribution in [2.24, 2.45) is 5.92 Å². The highest BCUT2D eigenvalue weighted by Crippen LogP contribution is 2.48. The molecule has 198 valence electrons. The molecule has 4 amide bonds. The Morgan fingerprint density at radius 1 is 1.16 bits per heavy atom. The Morgan fingerprint density at radius 2 is 2.00 bits per heavy atom. The van der Waals surface area contributed by atoms with Gasteiger partial charge in [-0.05, 0) is 68.6 Å². The third-order valence-electron chi connectivity index (χ3n) is 7.69. The molecule has 2 aromatic carbocycles. The Kier molecular flexibility index (Phi) is 6.75. The molecule has 2 aromatic rings. The van der Waals surface area contributed by atoms with E-state index >= 15 is 0 Å². The molecule has 0 saturated carbocycles. The molecule has 4 heterocycles. The third-order valence-corrected chi connectivity index (χ3v) is 9.05. The average molecular weight is 534 g/mol. The van der Waals surface area contributed by atoms with Crippen molar-refractivity contribution < 1.29 is 19.1 Å². The summed E-state index contributed by atoms with van der Waals surface area (Å²) in [6.45, 7) is 3.98. The number of urea groups is 1. The van der Waals surface area contributed by atoms with Gasteiger partial charge in [0.1, 0.15) is 11.5 Å². The Balaban J connectivity index is 1.23. The van der Waals surface area contributed by atoms with Crippen molar-refractivity contribution in [1.29, 1.82) is 0 Å². The molecule has 4 aliphatic rings. The van der Waals surface area contributed by atoms with Gasteiger partial charge in [-0.1, -0.05) is 30.0 Å². The maximum atomic E-state index is 13.5. The number of nitrogens with one attached hydrogen (secondary N) is 3. The van der Waals surface area contributed by atoms with Crippen LogP contribution in [0.5, 0.6) is 11.5 Å². The van der Waals surface area contributed by atoms with Crippen LogP contribution in [0.15, 0.2) is 59.1 Å². The summed E-state index contributed by atoms with van der Waals surface area (Å²) in [5.41, 5.74) is 2.49. The van der Waals surface area contributed by atoms with E-state index in [0.29, 0.717) is 22.9 Å². The fourth-order valence-corrected chi connectivity index (χ4v) is 7.36. The second-order valence-electron chi connectivity index (χ2n) is 10.2. The Morgan fingerprint density at radius 3 is 2.79 bits per heavy atom. The number of hydrogen-bond acceptors (Lipinski definition) is 6. The molecule has 3 N–H and O–H groups in total. The number of rotatable bonds is 6. The van der Waals surface area contributed by atoms with Gasteiger partial charge in [0.2, 0.25) is 6.41 Å². The normalized spacial score (nSPS) is 26.5. The summed E-state index contributed by atoms with van der Waals surface area (Å²) in [6, 6.07) is 15.0. The van der Waals surface area contributed by atoms with Crippen LogP contribution in [0.1, 0.15) is 24.8 Å². The molecule has 10 heteroatoms. The highest BCUT2D eigenvalue weighted by atomic mass is 32.2. The van der Waals surface area contributed by atoms with E-state index in [1.165, 1.54) is 11.8 Å². The average Bonchev–Trinajstić information content (AvgIpc) is 3.30. The van der Waals surface area contributed by atoms with Crippen molar-refractivity contribution in [2.45, 2.75) is 43.6 Å². The highest BCUT2D eigenvalue weighted by molar-refractivity contribution is 8.04. The van der Waals surface area contributed by atoms with Crippen molar-refractivity contribution >= 4 is 35.8 Å². The first kappa shape index (κ1) is 24.8. The van der Waals surface area contributed by atoms with Gasteiger partial charge in [-0.25, -0.2) is 4.79 Å². The number of nitrogens with zero attached hydrogens (tertiary/aromatic N) is 2. The van der Waals surface area contributed by atoms with Crippen LogP contribution < -0.4 is 25.6 Å². The zero-order chi connectivity index (χ0) is 26.2. The van der Waals surface area contributed by atoms with Gasteiger partial charge in [-0.2, -0.15) is 0 Å². The van der Waals surface area contributed by atoms with Crippen LogP contribution in [-0.2, 0) is 9.59 Å². The van der Waals surface area contributed by atoms with Crippen LogP contribution in [-0.4, -0.2) is 60.3 Å². The lowest BCUT2D eigenvalue weighted by atomic mass is 9.86. The lowest BCUT2D eigenvalue weighted by molar-refractivity contribution is -0.122. The number of piperidine rings is 2. The smallest absolute Gasteiger partial charge is 0.326 e. The van der Waals surface area contributed by atoms with E-state index < -0.39 is 0 Å². The molecule has 3 fully saturated rings. The first-order valence-electron chi connectivity index (χ1n) is 13.1. The summed E-state index contributed by atoms with van der Waals surface area (Å²) in [7, 11) is 0. The molecular weight excluding hydrogens is 502 g/mol.